The van der Waals surface area contributed by atoms with Crippen LogP contribution in [-0.2, 0) is 4.79 Å². The van der Waals surface area contributed by atoms with E-state index in [0.29, 0.717) is 11.0 Å². The van der Waals surface area contributed by atoms with Crippen LogP contribution in [0.25, 0.3) is 11.0 Å². The van der Waals surface area contributed by atoms with Crippen molar-refractivity contribution in [3.8, 4) is 0 Å². The topological polar surface area (TPSA) is 98.0 Å². The van der Waals surface area contributed by atoms with Gasteiger partial charge in [-0.05, 0) is 24.7 Å². The number of aliphatic carboxylic acids is 1. The molecule has 1 aromatic heterocycles. The van der Waals surface area contributed by atoms with Crippen LogP contribution in [0.15, 0.2) is 23.0 Å². The number of H-pyrrole nitrogens is 2. The fourth-order valence-electron chi connectivity index (χ4n) is 2.09. The molecule has 0 aliphatic rings. The second kappa shape index (κ2) is 4.66. The molecule has 0 aliphatic carbocycles. The molecule has 1 aromatic carbocycles. The van der Waals surface area contributed by atoms with Crippen LogP contribution in [0.1, 0.15) is 18.5 Å². The molecule has 0 bridgehead atoms. The zero-order valence-corrected chi connectivity index (χ0v) is 10.2. The van der Waals surface area contributed by atoms with Gasteiger partial charge in [0.25, 0.3) is 0 Å². The van der Waals surface area contributed by atoms with Crippen LogP contribution in [0.4, 0.5) is 0 Å². The summed E-state index contributed by atoms with van der Waals surface area (Å²) in [7, 11) is 1.72. The van der Waals surface area contributed by atoms with Crippen molar-refractivity contribution in [3.05, 3.63) is 34.2 Å². The number of nitrogens with one attached hydrogen (secondary N) is 3. The Kier molecular flexibility index (Phi) is 3.20. The molecule has 1 heterocycles. The van der Waals surface area contributed by atoms with Crippen molar-refractivity contribution in [2.24, 2.45) is 5.92 Å². The van der Waals surface area contributed by atoms with Gasteiger partial charge in [-0.2, -0.15) is 0 Å². The van der Waals surface area contributed by atoms with E-state index in [4.69, 9.17) is 5.11 Å². The van der Waals surface area contributed by atoms with Crippen LogP contribution < -0.4 is 11.0 Å². The number of carbonyl (C=O) groups is 1. The van der Waals surface area contributed by atoms with E-state index in [0.717, 1.165) is 5.56 Å². The Hall–Kier alpha value is -2.08. The van der Waals surface area contributed by atoms with Crippen molar-refractivity contribution in [1.82, 2.24) is 15.3 Å². The summed E-state index contributed by atoms with van der Waals surface area (Å²) in [5.41, 5.74) is 1.95. The summed E-state index contributed by atoms with van der Waals surface area (Å²) >= 11 is 0. The first-order valence-corrected chi connectivity index (χ1v) is 5.65. The number of fused-ring (bicyclic) bond motifs is 1. The maximum absolute atomic E-state index is 11.2. The molecule has 2 atom stereocenters. The molecule has 0 aliphatic heterocycles. The summed E-state index contributed by atoms with van der Waals surface area (Å²) in [6.07, 6.45) is 0. The number of aromatic nitrogens is 2. The van der Waals surface area contributed by atoms with Crippen molar-refractivity contribution >= 4 is 17.0 Å². The average molecular weight is 249 g/mol. The molecule has 0 saturated heterocycles. The molecule has 2 aromatic rings. The summed E-state index contributed by atoms with van der Waals surface area (Å²) in [5, 5.41) is 12.0. The molecule has 0 spiro atoms. The van der Waals surface area contributed by atoms with E-state index in [1.54, 1.807) is 26.1 Å². The molecule has 0 fully saturated rings. The highest BCUT2D eigenvalue weighted by molar-refractivity contribution is 5.76. The van der Waals surface area contributed by atoms with Crippen LogP contribution in [0.2, 0.25) is 0 Å². The lowest BCUT2D eigenvalue weighted by Gasteiger charge is -2.20. The Balaban J connectivity index is 2.44. The third kappa shape index (κ3) is 2.14. The summed E-state index contributed by atoms with van der Waals surface area (Å²) in [6, 6.07) is 5.06. The molecular weight excluding hydrogens is 234 g/mol. The van der Waals surface area contributed by atoms with Crippen LogP contribution >= 0.6 is 0 Å². The first-order valence-electron chi connectivity index (χ1n) is 5.65. The molecule has 2 rings (SSSR count). The third-order valence-corrected chi connectivity index (χ3v) is 3.10. The van der Waals surface area contributed by atoms with E-state index in [1.807, 2.05) is 6.07 Å². The maximum Gasteiger partial charge on any atom is 0.323 e. The normalized spacial score (nSPS) is 14.6. The molecule has 18 heavy (non-hydrogen) atoms. The predicted octanol–water partition coefficient (Wildman–Crippen LogP) is 0.837. The Bertz CT molecular complexity index is 629. The molecule has 6 heteroatoms. The first kappa shape index (κ1) is 12.4. The van der Waals surface area contributed by atoms with Crippen molar-refractivity contribution in [2.75, 3.05) is 7.05 Å². The number of carboxylic acids is 1. The number of benzene rings is 1. The monoisotopic (exact) mass is 249 g/mol. The molecular formula is C12H15N3O3. The second-order valence-electron chi connectivity index (χ2n) is 4.28. The molecule has 4 N–H and O–H groups in total. The highest BCUT2D eigenvalue weighted by atomic mass is 16.4. The van der Waals surface area contributed by atoms with Gasteiger partial charge in [-0.1, -0.05) is 13.0 Å². The van der Waals surface area contributed by atoms with Gasteiger partial charge < -0.3 is 20.4 Å². The summed E-state index contributed by atoms with van der Waals surface area (Å²) in [6.45, 7) is 1.65. The van der Waals surface area contributed by atoms with Crippen molar-refractivity contribution in [3.63, 3.8) is 0 Å². The number of hydrogen-bond donors (Lipinski definition) is 4. The van der Waals surface area contributed by atoms with E-state index in [9.17, 15) is 9.59 Å². The Morgan fingerprint density at radius 3 is 2.61 bits per heavy atom. The molecule has 96 valence electrons. The molecule has 0 amide bonds. The minimum Gasteiger partial charge on any atom is -0.481 e. The van der Waals surface area contributed by atoms with E-state index in [1.165, 1.54) is 0 Å². The van der Waals surface area contributed by atoms with E-state index >= 15 is 0 Å². The van der Waals surface area contributed by atoms with Gasteiger partial charge in [0.05, 0.1) is 17.0 Å². The number of hydrogen-bond acceptors (Lipinski definition) is 3. The minimum absolute atomic E-state index is 0.269. The lowest BCUT2D eigenvalue weighted by Crippen LogP contribution is -2.28. The smallest absolute Gasteiger partial charge is 0.323 e. The van der Waals surface area contributed by atoms with Crippen LogP contribution in [-0.4, -0.2) is 28.1 Å². The average Bonchev–Trinajstić information content (AvgIpc) is 2.69. The number of rotatable bonds is 4. The highest BCUT2D eigenvalue weighted by Crippen LogP contribution is 2.23. The number of imidazole rings is 1. The summed E-state index contributed by atoms with van der Waals surface area (Å²) in [4.78, 5) is 27.5. The van der Waals surface area contributed by atoms with Gasteiger partial charge in [0, 0.05) is 6.04 Å². The summed E-state index contributed by atoms with van der Waals surface area (Å²) in [5.74, 6) is -1.42. The Morgan fingerprint density at radius 1 is 1.33 bits per heavy atom. The second-order valence-corrected chi connectivity index (χ2v) is 4.28. The largest absolute Gasteiger partial charge is 0.481 e. The van der Waals surface area contributed by atoms with Crippen LogP contribution in [0.5, 0.6) is 0 Å². The van der Waals surface area contributed by atoms with E-state index < -0.39 is 11.9 Å². The number of carboxylic acid groups (broad SMARTS) is 1. The van der Waals surface area contributed by atoms with Gasteiger partial charge in [-0.25, -0.2) is 4.79 Å². The van der Waals surface area contributed by atoms with Crippen molar-refractivity contribution in [1.29, 1.82) is 0 Å². The molecule has 6 nitrogen and oxygen atoms in total. The van der Waals surface area contributed by atoms with E-state index in [-0.39, 0.29) is 11.7 Å². The maximum atomic E-state index is 11.2. The minimum atomic E-state index is -0.864. The van der Waals surface area contributed by atoms with Gasteiger partial charge >= 0.3 is 11.7 Å². The van der Waals surface area contributed by atoms with Gasteiger partial charge in [0.2, 0.25) is 0 Å². The Labute approximate surface area is 103 Å². The van der Waals surface area contributed by atoms with Gasteiger partial charge in [0.15, 0.2) is 0 Å². The van der Waals surface area contributed by atoms with Gasteiger partial charge in [0.1, 0.15) is 0 Å². The highest BCUT2D eigenvalue weighted by Gasteiger charge is 2.23. The third-order valence-electron chi connectivity index (χ3n) is 3.10. The Morgan fingerprint density at radius 2 is 2.00 bits per heavy atom. The molecule has 0 radical (unpaired) electrons. The fraction of sp³-hybridized carbons (Fsp3) is 0.333. The zero-order valence-electron chi connectivity index (χ0n) is 10.2. The predicted molar refractivity (Wildman–Crippen MR) is 67.5 cm³/mol. The molecule has 0 saturated carbocycles. The summed E-state index contributed by atoms with van der Waals surface area (Å²) < 4.78 is 0. The van der Waals surface area contributed by atoms with Gasteiger partial charge in [-0.3, -0.25) is 4.79 Å². The quantitative estimate of drug-likeness (QED) is 0.645. The first-order chi connectivity index (χ1) is 8.52. The van der Waals surface area contributed by atoms with Gasteiger partial charge in [-0.15, -0.1) is 0 Å². The SMILES string of the molecule is CNC(c1ccc2[nH]c(=O)[nH]c2c1)C(C)C(=O)O. The van der Waals surface area contributed by atoms with Crippen molar-refractivity contribution in [2.45, 2.75) is 13.0 Å². The number of aromatic amines is 2. The zero-order chi connectivity index (χ0) is 13.3. The van der Waals surface area contributed by atoms with Crippen LogP contribution in [0.3, 0.4) is 0 Å². The lowest BCUT2D eigenvalue weighted by molar-refractivity contribution is -0.142. The van der Waals surface area contributed by atoms with Crippen molar-refractivity contribution < 1.29 is 9.90 Å². The standard InChI is InChI=1S/C12H15N3O3/c1-6(11(16)17)10(13-2)7-3-4-8-9(5-7)15-12(18)14-8/h3-6,10,13H,1-2H3,(H,16,17)(H2,14,15,18). The fourth-order valence-corrected chi connectivity index (χ4v) is 2.09. The van der Waals surface area contributed by atoms with Crippen LogP contribution in [0, 0.1) is 5.92 Å². The van der Waals surface area contributed by atoms with E-state index in [2.05, 4.69) is 15.3 Å². The molecule has 2 unspecified atom stereocenters. The lowest BCUT2D eigenvalue weighted by atomic mass is 9.94.